The third-order valence-electron chi connectivity index (χ3n) is 4.32. The van der Waals surface area contributed by atoms with E-state index in [9.17, 15) is 0 Å². The van der Waals surface area contributed by atoms with Crippen LogP contribution in [0.2, 0.25) is 0 Å². The maximum Gasteiger partial charge on any atom is 0.191 e. The SMILES string of the molecule is COc1ccc(OCCSc2nnc(COc3c(C)cccc3C)n2C)cc1. The lowest BCUT2D eigenvalue weighted by molar-refractivity contribution is 0.286. The molecule has 0 amide bonds. The van der Waals surface area contributed by atoms with Gasteiger partial charge in [0.05, 0.1) is 13.7 Å². The van der Waals surface area contributed by atoms with Crippen molar-refractivity contribution in [2.75, 3.05) is 19.5 Å². The van der Waals surface area contributed by atoms with Gasteiger partial charge in [-0.05, 0) is 49.2 Å². The molecule has 7 heteroatoms. The van der Waals surface area contributed by atoms with Crippen LogP contribution in [-0.4, -0.2) is 34.2 Å². The summed E-state index contributed by atoms with van der Waals surface area (Å²) in [4.78, 5) is 0. The van der Waals surface area contributed by atoms with Gasteiger partial charge >= 0.3 is 0 Å². The molecule has 0 bridgehead atoms. The number of aryl methyl sites for hydroxylation is 2. The van der Waals surface area contributed by atoms with Crippen LogP contribution in [0.15, 0.2) is 47.6 Å². The molecule has 3 rings (SSSR count). The molecule has 0 fully saturated rings. The van der Waals surface area contributed by atoms with Gasteiger partial charge < -0.3 is 18.8 Å². The second kappa shape index (κ2) is 9.50. The molecule has 0 atom stereocenters. The second-order valence-corrected chi connectivity index (χ2v) is 7.40. The molecule has 3 aromatic rings. The van der Waals surface area contributed by atoms with Gasteiger partial charge in [0.15, 0.2) is 11.0 Å². The van der Waals surface area contributed by atoms with Crippen LogP contribution < -0.4 is 14.2 Å². The molecule has 0 aliphatic heterocycles. The molecule has 0 aliphatic carbocycles. The fourth-order valence-corrected chi connectivity index (χ4v) is 3.47. The van der Waals surface area contributed by atoms with Crippen molar-refractivity contribution >= 4 is 11.8 Å². The van der Waals surface area contributed by atoms with Crippen molar-refractivity contribution in [2.24, 2.45) is 7.05 Å². The number of rotatable bonds is 9. The van der Waals surface area contributed by atoms with E-state index in [0.717, 1.165) is 45.1 Å². The molecule has 0 unspecified atom stereocenters. The first-order chi connectivity index (χ1) is 13.6. The molecule has 0 aliphatic rings. The summed E-state index contributed by atoms with van der Waals surface area (Å²) in [6, 6.07) is 13.7. The molecule has 1 aromatic heterocycles. The smallest absolute Gasteiger partial charge is 0.191 e. The van der Waals surface area contributed by atoms with E-state index in [1.165, 1.54) is 0 Å². The van der Waals surface area contributed by atoms with Crippen LogP contribution in [-0.2, 0) is 13.7 Å². The van der Waals surface area contributed by atoms with Gasteiger partial charge in [0.2, 0.25) is 0 Å². The van der Waals surface area contributed by atoms with Crippen LogP contribution in [0.1, 0.15) is 17.0 Å². The Morgan fingerprint density at radius 1 is 0.929 bits per heavy atom. The van der Waals surface area contributed by atoms with Crippen LogP contribution in [0, 0.1) is 13.8 Å². The Morgan fingerprint density at radius 3 is 2.29 bits per heavy atom. The van der Waals surface area contributed by atoms with E-state index in [1.807, 2.05) is 67.9 Å². The Labute approximate surface area is 169 Å². The van der Waals surface area contributed by atoms with E-state index in [-0.39, 0.29) is 0 Å². The summed E-state index contributed by atoms with van der Waals surface area (Å²) in [6.45, 7) is 5.06. The van der Waals surface area contributed by atoms with Gasteiger partial charge in [0, 0.05) is 12.8 Å². The highest BCUT2D eigenvalue weighted by atomic mass is 32.2. The first kappa shape index (κ1) is 20.1. The Bertz CT molecular complexity index is 890. The molecule has 0 N–H and O–H groups in total. The van der Waals surface area contributed by atoms with E-state index in [2.05, 4.69) is 10.2 Å². The molecule has 1 heterocycles. The average Bonchev–Trinajstić information content (AvgIpc) is 3.05. The minimum absolute atomic E-state index is 0.387. The normalized spacial score (nSPS) is 10.7. The molecule has 0 saturated heterocycles. The van der Waals surface area contributed by atoms with Gasteiger partial charge in [0.1, 0.15) is 23.9 Å². The minimum atomic E-state index is 0.387. The van der Waals surface area contributed by atoms with Gasteiger partial charge in [0.25, 0.3) is 0 Å². The predicted octanol–water partition coefficient (Wildman–Crippen LogP) is 4.19. The van der Waals surface area contributed by atoms with E-state index in [0.29, 0.717) is 13.2 Å². The average molecular weight is 400 g/mol. The molecule has 2 aromatic carbocycles. The number of thioether (sulfide) groups is 1. The van der Waals surface area contributed by atoms with Gasteiger partial charge in [-0.3, -0.25) is 0 Å². The van der Waals surface area contributed by atoms with E-state index < -0.39 is 0 Å². The number of para-hydroxylation sites is 1. The number of hydrogen-bond donors (Lipinski definition) is 0. The summed E-state index contributed by atoms with van der Waals surface area (Å²) >= 11 is 1.61. The molecule has 28 heavy (non-hydrogen) atoms. The van der Waals surface area contributed by atoms with Crippen LogP contribution >= 0.6 is 11.8 Å². The number of aromatic nitrogens is 3. The van der Waals surface area contributed by atoms with Crippen LogP contribution in [0.5, 0.6) is 17.2 Å². The van der Waals surface area contributed by atoms with E-state index in [1.54, 1.807) is 18.9 Å². The van der Waals surface area contributed by atoms with E-state index >= 15 is 0 Å². The zero-order chi connectivity index (χ0) is 19.9. The summed E-state index contributed by atoms with van der Waals surface area (Å²) in [5, 5.41) is 9.37. The van der Waals surface area contributed by atoms with Crippen LogP contribution in [0.25, 0.3) is 0 Å². The van der Waals surface area contributed by atoms with Gasteiger partial charge in [-0.25, -0.2) is 0 Å². The number of hydrogen-bond acceptors (Lipinski definition) is 6. The quantitative estimate of drug-likeness (QED) is 0.397. The van der Waals surface area contributed by atoms with Crippen molar-refractivity contribution in [3.05, 3.63) is 59.4 Å². The van der Waals surface area contributed by atoms with Gasteiger partial charge in [-0.1, -0.05) is 30.0 Å². The highest BCUT2D eigenvalue weighted by Crippen LogP contribution is 2.24. The topological polar surface area (TPSA) is 58.4 Å². The number of benzene rings is 2. The fraction of sp³-hybridized carbons (Fsp3) is 0.333. The maximum atomic E-state index is 5.98. The Morgan fingerprint density at radius 2 is 1.61 bits per heavy atom. The Hall–Kier alpha value is -2.67. The lowest BCUT2D eigenvalue weighted by Crippen LogP contribution is -2.06. The lowest BCUT2D eigenvalue weighted by atomic mass is 10.1. The fourth-order valence-electron chi connectivity index (χ4n) is 2.72. The highest BCUT2D eigenvalue weighted by Gasteiger charge is 2.11. The zero-order valence-electron chi connectivity index (χ0n) is 16.6. The summed E-state index contributed by atoms with van der Waals surface area (Å²) in [6.07, 6.45) is 0. The molecule has 148 valence electrons. The van der Waals surface area contributed by atoms with Crippen LogP contribution in [0.4, 0.5) is 0 Å². The number of nitrogens with zero attached hydrogens (tertiary/aromatic N) is 3. The van der Waals surface area contributed by atoms with Crippen LogP contribution in [0.3, 0.4) is 0 Å². The van der Waals surface area contributed by atoms with Crippen molar-refractivity contribution in [2.45, 2.75) is 25.6 Å². The molecule has 0 spiro atoms. The number of ether oxygens (including phenoxy) is 3. The second-order valence-electron chi connectivity index (χ2n) is 6.34. The molecule has 0 saturated carbocycles. The van der Waals surface area contributed by atoms with Crippen molar-refractivity contribution in [1.29, 1.82) is 0 Å². The first-order valence-corrected chi connectivity index (χ1v) is 10.0. The number of methoxy groups -OCH3 is 1. The summed E-state index contributed by atoms with van der Waals surface area (Å²) < 4.78 is 18.8. The van der Waals surface area contributed by atoms with Crippen molar-refractivity contribution in [1.82, 2.24) is 14.8 Å². The third-order valence-corrected chi connectivity index (χ3v) is 5.31. The standard InChI is InChI=1S/C21H25N3O3S/c1-15-6-5-7-16(2)20(15)27-14-19-22-23-21(24(19)3)28-13-12-26-18-10-8-17(25-4)9-11-18/h5-11H,12-14H2,1-4H3. The van der Waals surface area contributed by atoms with Gasteiger partial charge in [-0.15, -0.1) is 10.2 Å². The molecular weight excluding hydrogens is 374 g/mol. The first-order valence-electron chi connectivity index (χ1n) is 9.05. The third kappa shape index (κ3) is 4.98. The summed E-state index contributed by atoms with van der Waals surface area (Å²) in [5.41, 5.74) is 2.24. The lowest BCUT2D eigenvalue weighted by Gasteiger charge is -2.11. The molecule has 0 radical (unpaired) electrons. The molecular formula is C21H25N3O3S. The summed E-state index contributed by atoms with van der Waals surface area (Å²) in [7, 11) is 3.60. The summed E-state index contributed by atoms with van der Waals surface area (Å²) in [5.74, 6) is 4.11. The predicted molar refractivity (Wildman–Crippen MR) is 110 cm³/mol. The maximum absolute atomic E-state index is 5.98. The van der Waals surface area contributed by atoms with Gasteiger partial charge in [-0.2, -0.15) is 0 Å². The van der Waals surface area contributed by atoms with Crippen molar-refractivity contribution in [3.8, 4) is 17.2 Å². The van der Waals surface area contributed by atoms with Crippen molar-refractivity contribution in [3.63, 3.8) is 0 Å². The zero-order valence-corrected chi connectivity index (χ0v) is 17.5. The largest absolute Gasteiger partial charge is 0.497 e. The highest BCUT2D eigenvalue weighted by molar-refractivity contribution is 7.99. The molecule has 6 nitrogen and oxygen atoms in total. The van der Waals surface area contributed by atoms with Crippen molar-refractivity contribution < 1.29 is 14.2 Å². The Kier molecular flexibility index (Phi) is 6.81. The monoisotopic (exact) mass is 399 g/mol. The van der Waals surface area contributed by atoms with E-state index in [4.69, 9.17) is 14.2 Å². The minimum Gasteiger partial charge on any atom is -0.497 e. The Balaban J connectivity index is 1.49.